The third kappa shape index (κ3) is 5.12. The minimum absolute atomic E-state index is 0.0282. The molecule has 0 rings (SSSR count). The molecule has 0 heterocycles. The van der Waals surface area contributed by atoms with Gasteiger partial charge in [-0.15, -0.1) is 0 Å². The minimum Gasteiger partial charge on any atom is -0.481 e. The molecule has 2 N–H and O–H groups in total. The van der Waals surface area contributed by atoms with Gasteiger partial charge in [0.1, 0.15) is 3.92 Å². The molecule has 6 heteroatoms. The van der Waals surface area contributed by atoms with Gasteiger partial charge in [0.15, 0.2) is 0 Å². The third-order valence-electron chi connectivity index (χ3n) is 1.19. The third-order valence-corrected chi connectivity index (χ3v) is 5.31. The van der Waals surface area contributed by atoms with Gasteiger partial charge >= 0.3 is 11.9 Å². The summed E-state index contributed by atoms with van der Waals surface area (Å²) in [5.41, 5.74) is 0. The van der Waals surface area contributed by atoms with Gasteiger partial charge < -0.3 is 10.2 Å². The molecule has 0 aromatic rings. The van der Waals surface area contributed by atoms with Crippen molar-refractivity contribution >= 4 is 57.1 Å². The highest BCUT2D eigenvalue weighted by molar-refractivity contribution is 14.1. The largest absolute Gasteiger partial charge is 0.481 e. The predicted octanol–water partition coefficient (Wildman–Crippen LogP) is 1.54. The maximum Gasteiger partial charge on any atom is 0.317 e. The molecule has 0 aliphatic rings. The molecular formula is C6H8I2O4. The fourth-order valence-corrected chi connectivity index (χ4v) is 1.54. The molecule has 2 atom stereocenters. The van der Waals surface area contributed by atoms with Crippen LogP contribution in [0.4, 0.5) is 0 Å². The number of carbonyl (C=O) groups is 2. The van der Waals surface area contributed by atoms with Crippen LogP contribution in [0.5, 0.6) is 0 Å². The second kappa shape index (κ2) is 5.95. The van der Waals surface area contributed by atoms with Crippen molar-refractivity contribution in [3.63, 3.8) is 0 Å². The Hall–Kier alpha value is 0.400. The summed E-state index contributed by atoms with van der Waals surface area (Å²) >= 11 is 3.77. The second-order valence-electron chi connectivity index (χ2n) is 2.19. The molecule has 0 radical (unpaired) electrons. The van der Waals surface area contributed by atoms with Crippen LogP contribution in [0, 0.1) is 0 Å². The van der Waals surface area contributed by atoms with Crippen LogP contribution in [0.2, 0.25) is 0 Å². The van der Waals surface area contributed by atoms with Crippen molar-refractivity contribution < 1.29 is 19.8 Å². The van der Waals surface area contributed by atoms with E-state index in [-0.39, 0.29) is 10.3 Å². The van der Waals surface area contributed by atoms with E-state index in [9.17, 15) is 9.59 Å². The zero-order valence-corrected chi connectivity index (χ0v) is 10.4. The topological polar surface area (TPSA) is 74.6 Å². The van der Waals surface area contributed by atoms with Crippen molar-refractivity contribution in [3.8, 4) is 0 Å². The lowest BCUT2D eigenvalue weighted by atomic mass is 10.2. The van der Waals surface area contributed by atoms with E-state index in [0.29, 0.717) is 6.42 Å². The minimum atomic E-state index is -0.889. The van der Waals surface area contributed by atoms with Crippen molar-refractivity contribution in [2.24, 2.45) is 0 Å². The Kier molecular flexibility index (Phi) is 6.14. The monoisotopic (exact) mass is 398 g/mol. The number of hydrogen-bond acceptors (Lipinski definition) is 2. The van der Waals surface area contributed by atoms with Gasteiger partial charge in [-0.25, -0.2) is 0 Å². The number of rotatable bonds is 5. The van der Waals surface area contributed by atoms with Crippen molar-refractivity contribution in [1.82, 2.24) is 0 Å². The average Bonchev–Trinajstić information content (AvgIpc) is 1.98. The summed E-state index contributed by atoms with van der Waals surface area (Å²) in [7, 11) is 0. The van der Waals surface area contributed by atoms with E-state index in [1.54, 1.807) is 22.6 Å². The first kappa shape index (κ1) is 12.4. The quantitative estimate of drug-likeness (QED) is 0.545. The summed E-state index contributed by atoms with van der Waals surface area (Å²) < 4.78 is -0.639. The molecule has 0 saturated heterocycles. The lowest BCUT2D eigenvalue weighted by molar-refractivity contribution is -0.138. The first-order chi connectivity index (χ1) is 5.45. The maximum atomic E-state index is 10.4. The Morgan fingerprint density at radius 2 is 1.75 bits per heavy atom. The van der Waals surface area contributed by atoms with Crippen LogP contribution < -0.4 is 0 Å². The molecule has 2 unspecified atom stereocenters. The van der Waals surface area contributed by atoms with Gasteiger partial charge in [-0.05, 0) is 6.42 Å². The maximum absolute atomic E-state index is 10.4. The van der Waals surface area contributed by atoms with Crippen LogP contribution in [0.3, 0.4) is 0 Å². The van der Waals surface area contributed by atoms with E-state index in [4.69, 9.17) is 10.2 Å². The SMILES string of the molecule is O=C(O)CCC(I)C(I)C(=O)O. The molecule has 0 aromatic carbocycles. The Bertz CT molecular complexity index is 182. The standard InChI is InChI=1S/C6H8I2O4/c7-3(1-2-4(9)10)5(8)6(11)12/h3,5H,1-2H2,(H,9,10)(H,11,12). The highest BCUT2D eigenvalue weighted by atomic mass is 127. The van der Waals surface area contributed by atoms with E-state index < -0.39 is 15.9 Å². The zero-order chi connectivity index (χ0) is 9.72. The molecule has 0 aliphatic heterocycles. The fraction of sp³-hybridized carbons (Fsp3) is 0.667. The highest BCUT2D eigenvalue weighted by Crippen LogP contribution is 2.20. The van der Waals surface area contributed by atoms with Gasteiger partial charge in [0.2, 0.25) is 0 Å². The number of aliphatic carboxylic acids is 2. The Morgan fingerprint density at radius 3 is 2.08 bits per heavy atom. The normalized spacial score (nSPS) is 15.2. The summed E-state index contributed by atoms with van der Waals surface area (Å²) in [5, 5.41) is 16.9. The lowest BCUT2D eigenvalue weighted by Crippen LogP contribution is -2.24. The highest BCUT2D eigenvalue weighted by Gasteiger charge is 2.22. The van der Waals surface area contributed by atoms with E-state index in [2.05, 4.69) is 0 Å². The molecule has 12 heavy (non-hydrogen) atoms. The number of carboxylic acid groups (broad SMARTS) is 2. The lowest BCUT2D eigenvalue weighted by Gasteiger charge is -2.10. The average molecular weight is 398 g/mol. The number of carboxylic acids is 2. The number of alkyl halides is 2. The van der Waals surface area contributed by atoms with Gasteiger partial charge in [-0.2, -0.15) is 0 Å². The van der Waals surface area contributed by atoms with Crippen LogP contribution in [0.15, 0.2) is 0 Å². The van der Waals surface area contributed by atoms with Gasteiger partial charge in [0, 0.05) is 10.3 Å². The molecule has 0 aliphatic carbocycles. The number of halogens is 2. The Labute approximate surface area is 97.0 Å². The van der Waals surface area contributed by atoms with Crippen molar-refractivity contribution in [1.29, 1.82) is 0 Å². The molecule has 70 valence electrons. The molecule has 0 amide bonds. The first-order valence-corrected chi connectivity index (χ1v) is 5.67. The fourth-order valence-electron chi connectivity index (χ4n) is 0.562. The molecule has 4 nitrogen and oxygen atoms in total. The second-order valence-corrected chi connectivity index (χ2v) is 5.13. The molecule has 0 bridgehead atoms. The molecule has 0 fully saturated rings. The van der Waals surface area contributed by atoms with Crippen molar-refractivity contribution in [2.75, 3.05) is 0 Å². The summed E-state index contributed by atoms with van der Waals surface area (Å²) in [6.07, 6.45) is 0.427. The molecular weight excluding hydrogens is 390 g/mol. The van der Waals surface area contributed by atoms with Crippen LogP contribution in [-0.4, -0.2) is 30.0 Å². The summed E-state index contributed by atoms with van der Waals surface area (Å²) in [4.78, 5) is 20.6. The summed E-state index contributed by atoms with van der Waals surface area (Å²) in [6.45, 7) is 0. The van der Waals surface area contributed by atoms with Gasteiger partial charge in [0.25, 0.3) is 0 Å². The predicted molar refractivity (Wildman–Crippen MR) is 60.1 cm³/mol. The van der Waals surface area contributed by atoms with E-state index in [1.807, 2.05) is 22.6 Å². The Morgan fingerprint density at radius 1 is 1.25 bits per heavy atom. The summed E-state index contributed by atoms with van der Waals surface area (Å²) in [6, 6.07) is 0. The van der Waals surface area contributed by atoms with Crippen molar-refractivity contribution in [2.45, 2.75) is 20.7 Å². The zero-order valence-electron chi connectivity index (χ0n) is 6.04. The van der Waals surface area contributed by atoms with E-state index >= 15 is 0 Å². The van der Waals surface area contributed by atoms with Crippen molar-refractivity contribution in [3.05, 3.63) is 0 Å². The molecule has 0 saturated carbocycles. The van der Waals surface area contributed by atoms with E-state index in [1.165, 1.54) is 0 Å². The van der Waals surface area contributed by atoms with Crippen LogP contribution in [0.25, 0.3) is 0 Å². The molecule has 0 aromatic heterocycles. The van der Waals surface area contributed by atoms with E-state index in [0.717, 1.165) is 0 Å². The van der Waals surface area contributed by atoms with Gasteiger partial charge in [-0.1, -0.05) is 45.2 Å². The molecule has 0 spiro atoms. The van der Waals surface area contributed by atoms with Gasteiger partial charge in [-0.3, -0.25) is 9.59 Å². The summed E-state index contributed by atoms with van der Waals surface area (Å²) in [5.74, 6) is -1.77. The Balaban J connectivity index is 3.79. The smallest absolute Gasteiger partial charge is 0.317 e. The number of hydrogen-bond donors (Lipinski definition) is 2. The first-order valence-electron chi connectivity index (χ1n) is 3.18. The van der Waals surface area contributed by atoms with Crippen LogP contribution in [-0.2, 0) is 9.59 Å². The van der Waals surface area contributed by atoms with Crippen LogP contribution in [0.1, 0.15) is 12.8 Å². The van der Waals surface area contributed by atoms with Gasteiger partial charge in [0.05, 0.1) is 0 Å². The van der Waals surface area contributed by atoms with Crippen LogP contribution >= 0.6 is 45.2 Å².